The van der Waals surface area contributed by atoms with Crippen molar-refractivity contribution in [1.82, 2.24) is 20.5 Å². The minimum Gasteiger partial charge on any atom is -0.370 e. The number of nitrogens with one attached hydrogen (secondary N) is 2. The Bertz CT molecular complexity index is 708. The Morgan fingerprint density at radius 2 is 2.39 bits per heavy atom. The van der Waals surface area contributed by atoms with Crippen LogP contribution in [0.4, 0.5) is 4.39 Å². The number of carbonyl (C=O) groups excluding carboxylic acids is 1. The molecule has 0 unspecified atom stereocenters. The van der Waals surface area contributed by atoms with Crippen molar-refractivity contribution < 1.29 is 13.9 Å². The quantitative estimate of drug-likeness (QED) is 0.897. The molecule has 1 aromatic carbocycles. The van der Waals surface area contributed by atoms with Crippen LogP contribution in [0, 0.1) is 18.7 Å². The van der Waals surface area contributed by atoms with Gasteiger partial charge in [0.25, 0.3) is 5.91 Å². The molecule has 3 rings (SSSR count). The van der Waals surface area contributed by atoms with Crippen LogP contribution in [0.2, 0.25) is 5.02 Å². The average molecular weight is 339 g/mol. The van der Waals surface area contributed by atoms with Gasteiger partial charge in [0.1, 0.15) is 12.4 Å². The van der Waals surface area contributed by atoms with Crippen LogP contribution in [0.5, 0.6) is 0 Å². The van der Waals surface area contributed by atoms with Gasteiger partial charge in [-0.2, -0.15) is 5.10 Å². The van der Waals surface area contributed by atoms with Crippen LogP contribution in [0.1, 0.15) is 34.3 Å². The van der Waals surface area contributed by atoms with Crippen molar-refractivity contribution in [2.75, 3.05) is 13.2 Å². The van der Waals surface area contributed by atoms with Gasteiger partial charge in [0, 0.05) is 19.1 Å². The molecule has 0 bridgehead atoms. The van der Waals surface area contributed by atoms with Gasteiger partial charge in [0.15, 0.2) is 11.6 Å². The Balaban J connectivity index is 1.66. The number of halogens is 2. The molecule has 1 saturated heterocycles. The topological polar surface area (TPSA) is 79.9 Å². The number of rotatable bonds is 4. The van der Waals surface area contributed by atoms with Crippen LogP contribution in [0.3, 0.4) is 0 Å². The number of hydrogen-bond acceptors (Lipinski definition) is 4. The number of benzene rings is 1. The zero-order valence-electron chi connectivity index (χ0n) is 12.5. The molecule has 1 aliphatic rings. The van der Waals surface area contributed by atoms with Gasteiger partial charge in [-0.05, 0) is 25.0 Å². The van der Waals surface area contributed by atoms with E-state index < -0.39 is 11.7 Å². The summed E-state index contributed by atoms with van der Waals surface area (Å²) in [5, 5.41) is 9.29. The number of amides is 1. The monoisotopic (exact) mass is 338 g/mol. The van der Waals surface area contributed by atoms with Crippen molar-refractivity contribution in [1.29, 1.82) is 0 Å². The highest BCUT2D eigenvalue weighted by Crippen LogP contribution is 2.32. The summed E-state index contributed by atoms with van der Waals surface area (Å²) in [7, 11) is 0. The van der Waals surface area contributed by atoms with Crippen LogP contribution in [-0.4, -0.2) is 34.2 Å². The third-order valence-electron chi connectivity index (χ3n) is 3.96. The molecular formula is C15H16ClFN4O2. The first-order valence-corrected chi connectivity index (χ1v) is 7.65. The van der Waals surface area contributed by atoms with E-state index in [1.807, 2.05) is 0 Å². The molecule has 0 aliphatic carbocycles. The molecule has 6 nitrogen and oxygen atoms in total. The zero-order chi connectivity index (χ0) is 16.4. The van der Waals surface area contributed by atoms with E-state index in [0.717, 1.165) is 6.42 Å². The lowest BCUT2D eigenvalue weighted by Gasteiger charge is -2.17. The summed E-state index contributed by atoms with van der Waals surface area (Å²) in [6, 6.07) is 3.06. The van der Waals surface area contributed by atoms with Gasteiger partial charge in [-0.1, -0.05) is 17.7 Å². The Morgan fingerprint density at radius 3 is 3.13 bits per heavy atom. The van der Waals surface area contributed by atoms with Gasteiger partial charge in [0.05, 0.1) is 10.6 Å². The number of H-pyrrole nitrogens is 1. The maximum absolute atomic E-state index is 14.1. The van der Waals surface area contributed by atoms with E-state index in [9.17, 15) is 9.18 Å². The van der Waals surface area contributed by atoms with Crippen molar-refractivity contribution in [3.63, 3.8) is 0 Å². The summed E-state index contributed by atoms with van der Waals surface area (Å²) in [6.07, 6.45) is 1.95. The third-order valence-corrected chi connectivity index (χ3v) is 4.43. The van der Waals surface area contributed by atoms with Crippen molar-refractivity contribution >= 4 is 17.5 Å². The molecule has 1 aliphatic heterocycles. The van der Waals surface area contributed by atoms with Crippen LogP contribution < -0.4 is 5.32 Å². The fourth-order valence-electron chi connectivity index (χ4n) is 2.64. The van der Waals surface area contributed by atoms with Crippen LogP contribution in [0.25, 0.3) is 0 Å². The fourth-order valence-corrected chi connectivity index (χ4v) is 2.80. The first-order chi connectivity index (χ1) is 11.1. The molecule has 122 valence electrons. The van der Waals surface area contributed by atoms with Crippen LogP contribution >= 0.6 is 11.6 Å². The minimum absolute atomic E-state index is 0.0265. The van der Waals surface area contributed by atoms with Gasteiger partial charge >= 0.3 is 0 Å². The fraction of sp³-hybridized carbons (Fsp3) is 0.400. The number of nitrogens with zero attached hydrogens (tertiary/aromatic N) is 2. The predicted octanol–water partition coefficient (Wildman–Crippen LogP) is 2.41. The van der Waals surface area contributed by atoms with Crippen molar-refractivity contribution in [2.45, 2.75) is 19.4 Å². The molecular weight excluding hydrogens is 323 g/mol. The summed E-state index contributed by atoms with van der Waals surface area (Å²) < 4.78 is 19.7. The molecule has 2 N–H and O–H groups in total. The second-order valence-electron chi connectivity index (χ2n) is 5.48. The summed E-state index contributed by atoms with van der Waals surface area (Å²) in [5.41, 5.74) is 0.533. The smallest absolute Gasteiger partial charge is 0.254 e. The van der Waals surface area contributed by atoms with E-state index >= 15 is 0 Å². The van der Waals surface area contributed by atoms with Crippen LogP contribution in [0.15, 0.2) is 18.5 Å². The van der Waals surface area contributed by atoms with Crippen molar-refractivity contribution in [3.05, 3.63) is 46.3 Å². The Labute approximate surface area is 137 Å². The highest BCUT2D eigenvalue weighted by atomic mass is 35.5. The lowest BCUT2D eigenvalue weighted by atomic mass is 10.0. The number of aromatic amines is 1. The van der Waals surface area contributed by atoms with Crippen LogP contribution in [-0.2, 0) is 4.74 Å². The van der Waals surface area contributed by atoms with Gasteiger partial charge in [-0.3, -0.25) is 9.89 Å². The number of aryl methyl sites for hydroxylation is 1. The first kappa shape index (κ1) is 15.9. The number of carbonyl (C=O) groups is 1. The molecule has 0 spiro atoms. The second-order valence-corrected chi connectivity index (χ2v) is 5.86. The maximum atomic E-state index is 14.1. The van der Waals surface area contributed by atoms with Crippen molar-refractivity contribution in [3.8, 4) is 0 Å². The molecule has 8 heteroatoms. The summed E-state index contributed by atoms with van der Waals surface area (Å²) >= 11 is 5.85. The first-order valence-electron chi connectivity index (χ1n) is 7.27. The van der Waals surface area contributed by atoms with Gasteiger partial charge in [-0.25, -0.2) is 9.37 Å². The molecule has 1 amide bonds. The van der Waals surface area contributed by atoms with E-state index in [1.165, 1.54) is 12.4 Å². The summed E-state index contributed by atoms with van der Waals surface area (Å²) in [5.74, 6) is -0.506. The van der Waals surface area contributed by atoms with E-state index in [1.54, 1.807) is 13.0 Å². The molecule has 0 radical (unpaired) electrons. The van der Waals surface area contributed by atoms with E-state index in [2.05, 4.69) is 20.5 Å². The van der Waals surface area contributed by atoms with Gasteiger partial charge < -0.3 is 10.1 Å². The lowest BCUT2D eigenvalue weighted by Crippen LogP contribution is -2.31. The molecule has 1 fully saturated rings. The Kier molecular flexibility index (Phi) is 4.58. The van der Waals surface area contributed by atoms with E-state index in [0.29, 0.717) is 24.5 Å². The molecule has 1 aromatic heterocycles. The summed E-state index contributed by atoms with van der Waals surface area (Å²) in [6.45, 7) is 2.62. The normalized spacial score (nSPS) is 20.7. The highest BCUT2D eigenvalue weighted by molar-refractivity contribution is 6.31. The predicted molar refractivity (Wildman–Crippen MR) is 81.7 cm³/mol. The maximum Gasteiger partial charge on any atom is 0.254 e. The molecule has 2 aromatic rings. The number of ether oxygens (including phenoxy) is 1. The van der Waals surface area contributed by atoms with Gasteiger partial charge in [-0.15, -0.1) is 0 Å². The molecule has 2 atom stereocenters. The van der Waals surface area contributed by atoms with Gasteiger partial charge in [0.2, 0.25) is 0 Å². The molecule has 2 heterocycles. The zero-order valence-corrected chi connectivity index (χ0v) is 13.2. The number of hydrogen-bond donors (Lipinski definition) is 2. The average Bonchev–Trinajstić information content (AvgIpc) is 3.21. The minimum atomic E-state index is -0.696. The van der Waals surface area contributed by atoms with E-state index in [4.69, 9.17) is 16.3 Å². The summed E-state index contributed by atoms with van der Waals surface area (Å²) in [4.78, 5) is 16.3. The number of aromatic nitrogens is 3. The van der Waals surface area contributed by atoms with E-state index in [-0.39, 0.29) is 22.6 Å². The Hall–Kier alpha value is -1.99. The third kappa shape index (κ3) is 3.20. The lowest BCUT2D eigenvalue weighted by molar-refractivity contribution is 0.0797. The van der Waals surface area contributed by atoms with Crippen molar-refractivity contribution in [2.24, 2.45) is 5.92 Å². The largest absolute Gasteiger partial charge is 0.370 e. The molecule has 23 heavy (non-hydrogen) atoms. The molecule has 0 saturated carbocycles. The second kappa shape index (κ2) is 6.64. The Morgan fingerprint density at radius 1 is 1.57 bits per heavy atom. The standard InChI is InChI=1S/C15H16ClFN4O2/c1-8-2-3-10(12(17)11(8)16)15(22)18-6-9-4-5-23-13(9)14-19-7-20-21-14/h2-3,7,9,13H,4-6H2,1H3,(H,18,22)(H,19,20,21)/t9-,13-/m0/s1. The SMILES string of the molecule is Cc1ccc(C(=O)NC[C@@H]2CCO[C@@H]2c2ncn[nH]2)c(F)c1Cl. The highest BCUT2D eigenvalue weighted by Gasteiger charge is 2.32.